The van der Waals surface area contributed by atoms with Gasteiger partial charge >= 0.3 is 0 Å². The van der Waals surface area contributed by atoms with Gasteiger partial charge in [0.05, 0.1) is 0 Å². The van der Waals surface area contributed by atoms with Crippen LogP contribution in [-0.2, 0) is 17.2 Å². The number of rotatable bonds is 5. The van der Waals surface area contributed by atoms with Gasteiger partial charge in [0.1, 0.15) is 10.8 Å². The first-order valence-corrected chi connectivity index (χ1v) is 9.08. The lowest BCUT2D eigenvalue weighted by molar-refractivity contribution is 0.387. The van der Waals surface area contributed by atoms with Crippen molar-refractivity contribution in [2.45, 2.75) is 15.8 Å². The highest BCUT2D eigenvalue weighted by Gasteiger charge is 2.35. The molecule has 3 aromatic carbocycles. The van der Waals surface area contributed by atoms with Crippen LogP contribution in [-0.4, -0.2) is 8.67 Å². The summed E-state index contributed by atoms with van der Waals surface area (Å²) in [6.45, 7) is 0. The Kier molecular flexibility index (Phi) is 5.12. The zero-order valence-corrected chi connectivity index (χ0v) is 14.4. The van der Waals surface area contributed by atoms with Gasteiger partial charge in [-0.05, 0) is 28.8 Å². The van der Waals surface area contributed by atoms with Crippen molar-refractivity contribution in [3.63, 3.8) is 0 Å². The molecule has 0 aromatic heterocycles. The van der Waals surface area contributed by atoms with Crippen LogP contribution in [0.4, 0.5) is 4.39 Å². The Morgan fingerprint density at radius 2 is 1.29 bits per heavy atom. The third-order valence-electron chi connectivity index (χ3n) is 3.70. The minimum Gasteiger partial charge on any atom is -0.250 e. The lowest BCUT2D eigenvalue weighted by Crippen LogP contribution is -2.24. The van der Waals surface area contributed by atoms with Crippen molar-refractivity contribution < 1.29 is 8.60 Å². The van der Waals surface area contributed by atoms with Gasteiger partial charge in [-0.2, -0.15) is 0 Å². The minimum atomic E-state index is -2.34. The summed E-state index contributed by atoms with van der Waals surface area (Å²) in [6, 6.07) is 25.9. The van der Waals surface area contributed by atoms with Crippen LogP contribution in [0.5, 0.6) is 0 Å². The van der Waals surface area contributed by atoms with E-state index < -0.39 is 15.3 Å². The Bertz CT molecular complexity index is 817. The Balaban J connectivity index is 1.77. The second kappa shape index (κ2) is 7.29. The quantitative estimate of drug-likeness (QED) is 0.545. The largest absolute Gasteiger partial charge is 0.265 e. The molecule has 0 saturated heterocycles. The second-order valence-electron chi connectivity index (χ2n) is 5.46. The van der Waals surface area contributed by atoms with E-state index in [0.717, 1.165) is 11.1 Å². The summed E-state index contributed by atoms with van der Waals surface area (Å²) in [5, 5.41) is 0. The molecule has 2 unspecified atom stereocenters. The molecule has 0 saturated carbocycles. The summed E-state index contributed by atoms with van der Waals surface area (Å²) in [5.74, 6) is 0. The van der Waals surface area contributed by atoms with E-state index in [9.17, 15) is 8.60 Å². The Hall–Kier alpha value is -1.97. The van der Waals surface area contributed by atoms with E-state index in [-0.39, 0.29) is 6.42 Å². The maximum atomic E-state index is 14.7. The van der Waals surface area contributed by atoms with Crippen LogP contribution in [0, 0.1) is 0 Å². The minimum absolute atomic E-state index is 0.120. The molecule has 0 radical (unpaired) electrons. The van der Waals surface area contributed by atoms with Gasteiger partial charge < -0.3 is 0 Å². The molecular formula is C20H16ClFOS. The molecule has 3 rings (SSSR count). The number of benzene rings is 3. The number of hydrogen-bond donors (Lipinski definition) is 0. The highest BCUT2D eigenvalue weighted by atomic mass is 35.5. The van der Waals surface area contributed by atoms with Crippen LogP contribution < -0.4 is 0 Å². The van der Waals surface area contributed by atoms with Crippen LogP contribution in [0.25, 0.3) is 11.1 Å². The van der Waals surface area contributed by atoms with Crippen LogP contribution in [0.1, 0.15) is 5.56 Å². The maximum absolute atomic E-state index is 14.7. The maximum Gasteiger partial charge on any atom is 0.265 e. The molecule has 0 heterocycles. The molecular weight excluding hydrogens is 343 g/mol. The molecule has 3 aromatic rings. The van der Waals surface area contributed by atoms with Crippen molar-refractivity contribution in [2.75, 3.05) is 0 Å². The SMILES string of the molecule is O=S(c1ccccc1)C(F)(Cl)Cc1ccc(-c2ccccc2)cc1. The molecule has 0 aliphatic heterocycles. The summed E-state index contributed by atoms with van der Waals surface area (Å²) in [7, 11) is -1.94. The standard InChI is InChI=1S/C20H16ClFOS/c21-20(22,24(23)19-9-5-2-6-10-19)15-16-11-13-18(14-12-16)17-7-3-1-4-8-17/h1-14H,15H2. The first-order valence-electron chi connectivity index (χ1n) is 7.55. The molecule has 0 aliphatic carbocycles. The van der Waals surface area contributed by atoms with Crippen molar-refractivity contribution in [1.82, 2.24) is 0 Å². The number of hydrogen-bond acceptors (Lipinski definition) is 1. The summed E-state index contributed by atoms with van der Waals surface area (Å²) >= 11 is 5.95. The third kappa shape index (κ3) is 3.92. The molecule has 0 amide bonds. The summed E-state index contributed by atoms with van der Waals surface area (Å²) < 4.78 is 24.8. The smallest absolute Gasteiger partial charge is 0.250 e. The number of halogens is 2. The van der Waals surface area contributed by atoms with Crippen LogP contribution in [0.2, 0.25) is 0 Å². The molecule has 0 spiro atoms. The average Bonchev–Trinajstić information content (AvgIpc) is 2.63. The lowest BCUT2D eigenvalue weighted by Gasteiger charge is -2.17. The summed E-state index contributed by atoms with van der Waals surface area (Å²) in [4.78, 5) is 0.385. The Labute approximate surface area is 148 Å². The first kappa shape index (κ1) is 16.9. The van der Waals surface area contributed by atoms with Gasteiger partial charge in [0.15, 0.2) is 0 Å². The predicted molar refractivity (Wildman–Crippen MR) is 98.1 cm³/mol. The fourth-order valence-corrected chi connectivity index (χ4v) is 3.93. The van der Waals surface area contributed by atoms with Gasteiger partial charge in [0.2, 0.25) is 0 Å². The van der Waals surface area contributed by atoms with Crippen molar-refractivity contribution in [1.29, 1.82) is 0 Å². The van der Waals surface area contributed by atoms with Crippen LogP contribution in [0.3, 0.4) is 0 Å². The van der Waals surface area contributed by atoms with Gasteiger partial charge in [0.25, 0.3) is 4.46 Å². The van der Waals surface area contributed by atoms with E-state index in [1.54, 1.807) is 30.3 Å². The molecule has 24 heavy (non-hydrogen) atoms. The van der Waals surface area contributed by atoms with Gasteiger partial charge in [-0.3, -0.25) is 0 Å². The molecule has 122 valence electrons. The summed E-state index contributed by atoms with van der Waals surface area (Å²) in [5.41, 5.74) is 2.84. The van der Waals surface area contributed by atoms with E-state index in [1.807, 2.05) is 54.6 Å². The Morgan fingerprint density at radius 3 is 1.88 bits per heavy atom. The molecule has 2 atom stereocenters. The first-order chi connectivity index (χ1) is 11.6. The molecule has 0 aliphatic rings. The van der Waals surface area contributed by atoms with E-state index in [1.165, 1.54) is 0 Å². The molecule has 0 N–H and O–H groups in total. The van der Waals surface area contributed by atoms with E-state index in [0.29, 0.717) is 10.5 Å². The summed E-state index contributed by atoms with van der Waals surface area (Å²) in [6.07, 6.45) is -0.120. The third-order valence-corrected chi connectivity index (χ3v) is 5.64. The monoisotopic (exact) mass is 358 g/mol. The highest BCUT2D eigenvalue weighted by Crippen LogP contribution is 2.32. The van der Waals surface area contributed by atoms with E-state index in [4.69, 9.17) is 11.6 Å². The van der Waals surface area contributed by atoms with Crippen molar-refractivity contribution in [3.05, 3.63) is 90.5 Å². The van der Waals surface area contributed by atoms with Gasteiger partial charge in [0, 0.05) is 11.3 Å². The van der Waals surface area contributed by atoms with E-state index >= 15 is 0 Å². The van der Waals surface area contributed by atoms with Crippen molar-refractivity contribution in [3.8, 4) is 11.1 Å². The Morgan fingerprint density at radius 1 is 0.792 bits per heavy atom. The van der Waals surface area contributed by atoms with Gasteiger partial charge in [-0.15, -0.1) is 0 Å². The van der Waals surface area contributed by atoms with E-state index in [2.05, 4.69) is 0 Å². The zero-order valence-electron chi connectivity index (χ0n) is 12.9. The highest BCUT2D eigenvalue weighted by molar-refractivity contribution is 7.87. The lowest BCUT2D eigenvalue weighted by atomic mass is 10.0. The second-order valence-corrected chi connectivity index (χ2v) is 7.94. The number of alkyl halides is 2. The molecule has 0 bridgehead atoms. The zero-order chi connectivity index (χ0) is 17.0. The average molecular weight is 359 g/mol. The predicted octanol–water partition coefficient (Wildman–Crippen LogP) is 5.57. The fraction of sp³-hybridized carbons (Fsp3) is 0.100. The topological polar surface area (TPSA) is 17.1 Å². The van der Waals surface area contributed by atoms with Gasteiger partial charge in [-0.1, -0.05) is 84.4 Å². The van der Waals surface area contributed by atoms with Gasteiger partial charge in [-0.25, -0.2) is 8.60 Å². The molecule has 4 heteroatoms. The fourth-order valence-electron chi connectivity index (χ4n) is 2.47. The normalized spacial score (nSPS) is 14.8. The van der Waals surface area contributed by atoms with Crippen LogP contribution in [0.15, 0.2) is 89.8 Å². The van der Waals surface area contributed by atoms with Crippen molar-refractivity contribution >= 4 is 22.4 Å². The molecule has 0 fully saturated rings. The molecule has 1 nitrogen and oxygen atoms in total. The van der Waals surface area contributed by atoms with Crippen molar-refractivity contribution in [2.24, 2.45) is 0 Å². The van der Waals surface area contributed by atoms with Crippen LogP contribution >= 0.6 is 11.6 Å².